The predicted octanol–water partition coefficient (Wildman–Crippen LogP) is 2.74. The van der Waals surface area contributed by atoms with E-state index in [1.807, 2.05) is 25.5 Å². The van der Waals surface area contributed by atoms with E-state index in [9.17, 15) is 0 Å². The van der Waals surface area contributed by atoms with Gasteiger partial charge in [-0.3, -0.25) is 0 Å². The van der Waals surface area contributed by atoms with E-state index in [2.05, 4.69) is 43.0 Å². The van der Waals surface area contributed by atoms with Crippen LogP contribution in [-0.4, -0.2) is 26.5 Å². The summed E-state index contributed by atoms with van der Waals surface area (Å²) < 4.78 is 0. The molecule has 0 radical (unpaired) electrons. The molecular formula is C17H17N5. The molecule has 3 heterocycles. The molecule has 0 saturated carbocycles. The Balaban J connectivity index is 1.66. The lowest BCUT2D eigenvalue weighted by Gasteiger charge is -2.19. The molecule has 2 aromatic heterocycles. The van der Waals surface area contributed by atoms with Gasteiger partial charge in [-0.25, -0.2) is 15.0 Å². The van der Waals surface area contributed by atoms with Gasteiger partial charge in [-0.1, -0.05) is 12.1 Å². The van der Waals surface area contributed by atoms with Crippen molar-refractivity contribution in [3.8, 4) is 11.1 Å². The molecule has 0 saturated heterocycles. The minimum absolute atomic E-state index is 0.797. The number of hydrogen-bond donors (Lipinski definition) is 1. The average molecular weight is 291 g/mol. The van der Waals surface area contributed by atoms with E-state index in [0.717, 1.165) is 42.2 Å². The maximum absolute atomic E-state index is 4.29. The van der Waals surface area contributed by atoms with Crippen LogP contribution in [0.25, 0.3) is 11.1 Å². The molecule has 1 aliphatic heterocycles. The number of imidazole rings is 1. The Kier molecular flexibility index (Phi) is 3.11. The quantitative estimate of drug-likeness (QED) is 0.806. The fourth-order valence-electron chi connectivity index (χ4n) is 2.91. The summed E-state index contributed by atoms with van der Waals surface area (Å²) in [5, 5.41) is 0. The van der Waals surface area contributed by atoms with Crippen molar-refractivity contribution in [1.82, 2.24) is 19.9 Å². The summed E-state index contributed by atoms with van der Waals surface area (Å²) in [6.07, 6.45) is 8.48. The molecule has 3 aromatic rings. The number of H-pyrrole nitrogens is 1. The first kappa shape index (κ1) is 13.0. The second-order valence-electron chi connectivity index (χ2n) is 5.61. The molecule has 110 valence electrons. The molecule has 0 spiro atoms. The minimum atomic E-state index is 0.797. The van der Waals surface area contributed by atoms with Gasteiger partial charge in [0.1, 0.15) is 5.82 Å². The molecule has 1 aromatic carbocycles. The molecule has 0 unspecified atom stereocenters. The van der Waals surface area contributed by atoms with Crippen molar-refractivity contribution in [1.29, 1.82) is 0 Å². The molecule has 0 amide bonds. The summed E-state index contributed by atoms with van der Waals surface area (Å²) in [5.74, 6) is 0.797. The first-order valence-electron chi connectivity index (χ1n) is 7.44. The number of aromatic amines is 1. The highest BCUT2D eigenvalue weighted by atomic mass is 15.2. The van der Waals surface area contributed by atoms with Crippen molar-refractivity contribution in [2.75, 3.05) is 11.4 Å². The van der Waals surface area contributed by atoms with Crippen LogP contribution in [-0.2, 0) is 13.0 Å². The molecule has 5 heteroatoms. The van der Waals surface area contributed by atoms with Gasteiger partial charge in [0.05, 0.1) is 18.6 Å². The molecule has 0 fully saturated rings. The number of rotatable bonds is 3. The highest BCUT2D eigenvalue weighted by molar-refractivity contribution is 5.71. The monoisotopic (exact) mass is 291 g/mol. The summed E-state index contributed by atoms with van der Waals surface area (Å²) >= 11 is 0. The van der Waals surface area contributed by atoms with Crippen molar-refractivity contribution in [3.63, 3.8) is 0 Å². The molecule has 0 atom stereocenters. The van der Waals surface area contributed by atoms with Crippen molar-refractivity contribution in [2.45, 2.75) is 19.9 Å². The zero-order chi connectivity index (χ0) is 14.9. The van der Waals surface area contributed by atoms with Crippen molar-refractivity contribution in [2.24, 2.45) is 0 Å². The van der Waals surface area contributed by atoms with Crippen LogP contribution in [0, 0.1) is 6.92 Å². The van der Waals surface area contributed by atoms with Gasteiger partial charge in [-0.2, -0.15) is 0 Å². The third-order valence-corrected chi connectivity index (χ3v) is 4.11. The normalized spacial score (nSPS) is 13.4. The number of aromatic nitrogens is 4. The lowest BCUT2D eigenvalue weighted by molar-refractivity contribution is 0.819. The van der Waals surface area contributed by atoms with E-state index < -0.39 is 0 Å². The Morgan fingerprint density at radius 3 is 2.77 bits per heavy atom. The zero-order valence-corrected chi connectivity index (χ0v) is 12.5. The molecule has 1 N–H and O–H groups in total. The average Bonchev–Trinajstić information content (AvgIpc) is 3.18. The highest BCUT2D eigenvalue weighted by Gasteiger charge is 2.20. The van der Waals surface area contributed by atoms with E-state index in [1.165, 1.54) is 11.3 Å². The summed E-state index contributed by atoms with van der Waals surface area (Å²) in [4.78, 5) is 18.2. The van der Waals surface area contributed by atoms with E-state index in [4.69, 9.17) is 0 Å². The minimum Gasteiger partial charge on any atom is -0.365 e. The van der Waals surface area contributed by atoms with Gasteiger partial charge in [-0.15, -0.1) is 0 Å². The molecule has 22 heavy (non-hydrogen) atoms. The summed E-state index contributed by atoms with van der Waals surface area (Å²) in [6.45, 7) is 3.81. The van der Waals surface area contributed by atoms with Gasteiger partial charge in [0.25, 0.3) is 0 Å². The van der Waals surface area contributed by atoms with Gasteiger partial charge >= 0.3 is 0 Å². The smallest absolute Gasteiger partial charge is 0.125 e. The van der Waals surface area contributed by atoms with Crippen LogP contribution in [0.15, 0.2) is 43.1 Å². The van der Waals surface area contributed by atoms with Crippen LogP contribution in [0.3, 0.4) is 0 Å². The number of anilines is 1. The lowest BCUT2D eigenvalue weighted by Crippen LogP contribution is -2.19. The number of nitrogens with one attached hydrogen (secondary N) is 1. The Bertz CT molecular complexity index is 777. The topological polar surface area (TPSA) is 57.7 Å². The Morgan fingerprint density at radius 2 is 2.00 bits per heavy atom. The third kappa shape index (κ3) is 2.35. The molecule has 5 nitrogen and oxygen atoms in total. The van der Waals surface area contributed by atoms with Crippen molar-refractivity contribution >= 4 is 5.69 Å². The summed E-state index contributed by atoms with van der Waals surface area (Å²) in [5.41, 5.74) is 6.05. The third-order valence-electron chi connectivity index (χ3n) is 4.11. The van der Waals surface area contributed by atoms with E-state index in [0.29, 0.717) is 0 Å². The second kappa shape index (κ2) is 5.26. The molecule has 4 rings (SSSR count). The number of hydrogen-bond acceptors (Lipinski definition) is 4. The number of fused-ring (bicyclic) bond motifs is 1. The first-order chi connectivity index (χ1) is 10.8. The number of nitrogens with zero attached hydrogens (tertiary/aromatic N) is 4. The SMILES string of the molecule is Cc1ncc(-c2ccc3c(c2)N(Cc2cnc[nH]2)CC3)cn1. The zero-order valence-electron chi connectivity index (χ0n) is 12.5. The van der Waals surface area contributed by atoms with Crippen molar-refractivity contribution in [3.05, 3.63) is 60.2 Å². The second-order valence-corrected chi connectivity index (χ2v) is 5.61. The summed E-state index contributed by atoms with van der Waals surface area (Å²) in [7, 11) is 0. The largest absolute Gasteiger partial charge is 0.365 e. The fraction of sp³-hybridized carbons (Fsp3) is 0.235. The standard InChI is InChI=1S/C17H17N5/c1-12-19-7-15(8-20-12)14-3-2-13-4-5-22(17(13)6-14)10-16-9-18-11-21-16/h2-3,6-9,11H,4-5,10H2,1H3,(H,18,21). The first-order valence-corrected chi connectivity index (χ1v) is 7.44. The molecule has 0 bridgehead atoms. The van der Waals surface area contributed by atoms with Gasteiger partial charge in [-0.05, 0) is 30.5 Å². The maximum atomic E-state index is 4.29. The molecule has 1 aliphatic rings. The van der Waals surface area contributed by atoms with Crippen LogP contribution >= 0.6 is 0 Å². The van der Waals surface area contributed by atoms with Gasteiger partial charge in [0, 0.05) is 36.4 Å². The Morgan fingerprint density at radius 1 is 1.14 bits per heavy atom. The van der Waals surface area contributed by atoms with Crippen LogP contribution in [0.5, 0.6) is 0 Å². The van der Waals surface area contributed by atoms with E-state index >= 15 is 0 Å². The molecule has 0 aliphatic carbocycles. The number of aryl methyl sites for hydroxylation is 1. The van der Waals surface area contributed by atoms with Gasteiger partial charge in [0.15, 0.2) is 0 Å². The lowest BCUT2D eigenvalue weighted by atomic mass is 10.0. The van der Waals surface area contributed by atoms with E-state index in [1.54, 1.807) is 6.33 Å². The van der Waals surface area contributed by atoms with E-state index in [-0.39, 0.29) is 0 Å². The predicted molar refractivity (Wildman–Crippen MR) is 85.5 cm³/mol. The molecular weight excluding hydrogens is 274 g/mol. The van der Waals surface area contributed by atoms with Crippen LogP contribution in [0.1, 0.15) is 17.1 Å². The Hall–Kier alpha value is -2.69. The van der Waals surface area contributed by atoms with Crippen LogP contribution in [0.2, 0.25) is 0 Å². The highest BCUT2D eigenvalue weighted by Crippen LogP contribution is 2.33. The van der Waals surface area contributed by atoms with Gasteiger partial charge in [0.2, 0.25) is 0 Å². The van der Waals surface area contributed by atoms with Crippen molar-refractivity contribution < 1.29 is 0 Å². The van der Waals surface area contributed by atoms with Crippen LogP contribution in [0.4, 0.5) is 5.69 Å². The van der Waals surface area contributed by atoms with Gasteiger partial charge < -0.3 is 9.88 Å². The Labute approximate surface area is 129 Å². The maximum Gasteiger partial charge on any atom is 0.125 e. The summed E-state index contributed by atoms with van der Waals surface area (Å²) in [6, 6.07) is 6.62. The fourth-order valence-corrected chi connectivity index (χ4v) is 2.91. The number of benzene rings is 1. The van der Waals surface area contributed by atoms with Crippen LogP contribution < -0.4 is 4.90 Å².